The van der Waals surface area contributed by atoms with Crippen molar-refractivity contribution in [1.29, 1.82) is 0 Å². The summed E-state index contributed by atoms with van der Waals surface area (Å²) in [7, 11) is -3.31. The fraction of sp³-hybridized carbons (Fsp3) is 0.308. The van der Waals surface area contributed by atoms with Gasteiger partial charge in [-0.05, 0) is 29.1 Å². The first-order chi connectivity index (χ1) is 9.82. The molecule has 5 nitrogen and oxygen atoms in total. The van der Waals surface area contributed by atoms with Gasteiger partial charge in [0, 0.05) is 11.7 Å². The molecule has 2 rings (SSSR count). The van der Waals surface area contributed by atoms with Crippen LogP contribution in [0.4, 0.5) is 4.39 Å². The van der Waals surface area contributed by atoms with E-state index in [1.54, 1.807) is 12.1 Å². The third-order valence-electron chi connectivity index (χ3n) is 2.56. The minimum absolute atomic E-state index is 0.0953. The number of benzene rings is 1. The minimum Gasteiger partial charge on any atom is -0.354 e. The molecule has 2 aromatic rings. The third-order valence-corrected chi connectivity index (χ3v) is 4.57. The Labute approximate surface area is 126 Å². The highest BCUT2D eigenvalue weighted by Gasteiger charge is 2.30. The second-order valence-electron chi connectivity index (χ2n) is 3.91. The second-order valence-corrected chi connectivity index (χ2v) is 6.63. The number of hydrogen-bond donors (Lipinski definition) is 3. The zero-order chi connectivity index (χ0) is 16.2. The molecule has 0 aliphatic rings. The zero-order valence-electron chi connectivity index (χ0n) is 11.8. The first kappa shape index (κ1) is 17.8. The van der Waals surface area contributed by atoms with E-state index in [4.69, 9.17) is 9.79 Å². The van der Waals surface area contributed by atoms with Crippen LogP contribution >= 0.6 is 18.9 Å². The van der Waals surface area contributed by atoms with Gasteiger partial charge in [-0.25, -0.2) is 4.39 Å². The Morgan fingerprint density at radius 1 is 1.33 bits per heavy atom. The lowest BCUT2D eigenvalue weighted by atomic mass is 10.2. The van der Waals surface area contributed by atoms with E-state index in [0.29, 0.717) is 10.3 Å². The van der Waals surface area contributed by atoms with Crippen LogP contribution in [0.1, 0.15) is 35.0 Å². The summed E-state index contributed by atoms with van der Waals surface area (Å²) in [4.78, 5) is 29.6. The largest absolute Gasteiger partial charge is 0.363 e. The first-order valence-corrected chi connectivity index (χ1v) is 8.77. The lowest BCUT2D eigenvalue weighted by molar-refractivity contribution is 0.0967. The van der Waals surface area contributed by atoms with Crippen molar-refractivity contribution in [2.24, 2.45) is 0 Å². The molecule has 0 fully saturated rings. The Bertz CT molecular complexity index is 682. The molecule has 21 heavy (non-hydrogen) atoms. The average molecular weight is 333 g/mol. The summed E-state index contributed by atoms with van der Waals surface area (Å²) < 4.78 is 25.2. The van der Waals surface area contributed by atoms with E-state index in [-0.39, 0.29) is 11.5 Å². The van der Waals surface area contributed by atoms with E-state index in [1.807, 2.05) is 13.8 Å². The Morgan fingerprint density at radius 3 is 2.48 bits per heavy atom. The van der Waals surface area contributed by atoms with Crippen molar-refractivity contribution < 1.29 is 23.5 Å². The van der Waals surface area contributed by atoms with Crippen LogP contribution in [0.5, 0.6) is 0 Å². The molecule has 116 valence electrons. The van der Waals surface area contributed by atoms with E-state index in [9.17, 15) is 13.8 Å². The number of halogens is 1. The summed E-state index contributed by atoms with van der Waals surface area (Å²) >= 11 is 1.23. The average Bonchev–Trinajstić information content (AvgIpc) is 2.89. The highest BCUT2D eigenvalue weighted by molar-refractivity contribution is 7.51. The molecule has 0 aliphatic heterocycles. The number of rotatable bonds is 3. The predicted molar refractivity (Wildman–Crippen MR) is 82.5 cm³/mol. The molecule has 0 saturated heterocycles. The molecule has 1 aromatic heterocycles. The van der Waals surface area contributed by atoms with Gasteiger partial charge in [0.05, 0.1) is 4.88 Å². The molecule has 0 saturated carbocycles. The molecular weight excluding hydrogens is 316 g/mol. The van der Waals surface area contributed by atoms with Crippen molar-refractivity contribution in [3.63, 3.8) is 0 Å². The predicted octanol–water partition coefficient (Wildman–Crippen LogP) is 3.43. The lowest BCUT2D eigenvalue weighted by Gasteiger charge is -2.09. The van der Waals surface area contributed by atoms with Gasteiger partial charge in [0.25, 0.3) is 5.91 Å². The van der Waals surface area contributed by atoms with Crippen LogP contribution in [0.25, 0.3) is 10.1 Å². The first-order valence-electron chi connectivity index (χ1n) is 6.28. The van der Waals surface area contributed by atoms with E-state index < -0.39 is 13.5 Å². The third kappa shape index (κ3) is 4.11. The van der Waals surface area contributed by atoms with Crippen LogP contribution in [-0.4, -0.2) is 22.7 Å². The molecule has 0 spiro atoms. The van der Waals surface area contributed by atoms with Crippen LogP contribution in [0.15, 0.2) is 24.3 Å². The molecule has 0 aliphatic carbocycles. The fourth-order valence-electron chi connectivity index (χ4n) is 1.64. The Kier molecular flexibility index (Phi) is 6.04. The number of amides is 1. The minimum atomic E-state index is -4.82. The SMILES string of the molecule is CC.CNC(=O)c1cc2cc(C(F)P(=O)(O)O)ccc2s1. The molecule has 0 radical (unpaired) electrons. The molecule has 1 aromatic carbocycles. The monoisotopic (exact) mass is 333 g/mol. The quantitative estimate of drug-likeness (QED) is 0.751. The highest BCUT2D eigenvalue weighted by atomic mass is 32.1. The van der Waals surface area contributed by atoms with Gasteiger partial charge in [-0.1, -0.05) is 19.9 Å². The summed E-state index contributed by atoms with van der Waals surface area (Å²) in [5.74, 6) is -2.60. The maximum Gasteiger partial charge on any atom is 0.363 e. The smallest absolute Gasteiger partial charge is 0.354 e. The van der Waals surface area contributed by atoms with Gasteiger partial charge >= 0.3 is 7.60 Å². The van der Waals surface area contributed by atoms with Gasteiger partial charge in [-0.3, -0.25) is 9.36 Å². The number of alkyl halides is 1. The molecule has 1 atom stereocenters. The number of nitrogens with one attached hydrogen (secondary N) is 1. The molecule has 1 heterocycles. The fourth-order valence-corrected chi connectivity index (χ4v) is 3.18. The van der Waals surface area contributed by atoms with E-state index in [2.05, 4.69) is 5.32 Å². The molecular formula is C13H17FNO4PS. The summed E-state index contributed by atoms with van der Waals surface area (Å²) in [5, 5.41) is 3.06. The van der Waals surface area contributed by atoms with E-state index >= 15 is 0 Å². The lowest BCUT2D eigenvalue weighted by Crippen LogP contribution is -2.15. The standard InChI is InChI=1S/C11H11FNO4PS.C2H6/c1-13-11(14)9-5-7-4-6(2-3-8(7)19-9)10(12)18(15,16)17;1-2/h2-5,10H,1H3,(H,13,14)(H2,15,16,17);1-2H3. The normalized spacial score (nSPS) is 12.5. The van der Waals surface area contributed by atoms with Gasteiger partial charge in [0.2, 0.25) is 5.91 Å². The maximum absolute atomic E-state index is 13.6. The molecule has 8 heteroatoms. The second kappa shape index (κ2) is 7.13. The van der Waals surface area contributed by atoms with Crippen LogP contribution in [-0.2, 0) is 4.57 Å². The van der Waals surface area contributed by atoms with Gasteiger partial charge in [0.1, 0.15) is 0 Å². The Hall–Kier alpha value is -1.27. The van der Waals surface area contributed by atoms with Crippen molar-refractivity contribution in [3.8, 4) is 0 Å². The summed E-state index contributed by atoms with van der Waals surface area (Å²) in [5.41, 5.74) is -0.0953. The number of fused-ring (bicyclic) bond motifs is 1. The van der Waals surface area contributed by atoms with Crippen molar-refractivity contribution >= 4 is 34.9 Å². The molecule has 0 bridgehead atoms. The topological polar surface area (TPSA) is 86.6 Å². The number of hydrogen-bond acceptors (Lipinski definition) is 3. The van der Waals surface area contributed by atoms with Gasteiger partial charge in [-0.15, -0.1) is 11.3 Å². The van der Waals surface area contributed by atoms with Gasteiger partial charge in [0.15, 0.2) is 0 Å². The maximum atomic E-state index is 13.6. The van der Waals surface area contributed by atoms with Crippen LogP contribution in [0, 0.1) is 0 Å². The van der Waals surface area contributed by atoms with Crippen molar-refractivity contribution in [3.05, 3.63) is 34.7 Å². The number of thiophene rings is 1. The number of carbonyl (C=O) groups is 1. The van der Waals surface area contributed by atoms with Crippen LogP contribution in [0.3, 0.4) is 0 Å². The summed E-state index contributed by atoms with van der Waals surface area (Å²) in [6, 6.07) is 5.77. The van der Waals surface area contributed by atoms with Crippen LogP contribution < -0.4 is 5.32 Å². The van der Waals surface area contributed by atoms with Gasteiger partial charge < -0.3 is 15.1 Å². The van der Waals surface area contributed by atoms with Crippen LogP contribution in [0.2, 0.25) is 0 Å². The Balaban J connectivity index is 0.00000106. The van der Waals surface area contributed by atoms with Crippen molar-refractivity contribution in [2.75, 3.05) is 7.05 Å². The number of carbonyl (C=O) groups excluding carboxylic acids is 1. The molecule has 3 N–H and O–H groups in total. The molecule has 1 amide bonds. The van der Waals surface area contributed by atoms with Crippen molar-refractivity contribution in [2.45, 2.75) is 19.8 Å². The van der Waals surface area contributed by atoms with Gasteiger partial charge in [-0.2, -0.15) is 0 Å². The van der Waals surface area contributed by atoms with Crippen molar-refractivity contribution in [1.82, 2.24) is 5.32 Å². The van der Waals surface area contributed by atoms with E-state index in [1.165, 1.54) is 30.5 Å². The van der Waals surface area contributed by atoms with E-state index in [0.717, 1.165) is 4.70 Å². The summed E-state index contributed by atoms with van der Waals surface area (Å²) in [6.45, 7) is 4.00. The summed E-state index contributed by atoms with van der Waals surface area (Å²) in [6.07, 6.45) is 0. The molecule has 1 unspecified atom stereocenters. The zero-order valence-corrected chi connectivity index (χ0v) is 13.5. The Morgan fingerprint density at radius 2 is 1.95 bits per heavy atom. The highest BCUT2D eigenvalue weighted by Crippen LogP contribution is 2.53.